The van der Waals surface area contributed by atoms with Crippen LogP contribution in [0.2, 0.25) is 5.15 Å². The van der Waals surface area contributed by atoms with Crippen molar-refractivity contribution in [2.45, 2.75) is 47.0 Å². The molecule has 1 aromatic rings. The van der Waals surface area contributed by atoms with Crippen molar-refractivity contribution in [2.75, 3.05) is 0 Å². The fraction of sp³-hybridized carbons (Fsp3) is 0.692. The van der Waals surface area contributed by atoms with Crippen LogP contribution in [0.4, 0.5) is 0 Å². The van der Waals surface area contributed by atoms with E-state index in [1.54, 1.807) is 0 Å². The summed E-state index contributed by atoms with van der Waals surface area (Å²) in [5, 5.41) is 0.574. The van der Waals surface area contributed by atoms with E-state index in [2.05, 4.69) is 37.7 Å². The summed E-state index contributed by atoms with van der Waals surface area (Å²) >= 11 is 6.00. The second-order valence-electron chi connectivity index (χ2n) is 5.13. The first-order chi connectivity index (χ1) is 7.47. The Hall–Kier alpha value is -0.630. The van der Waals surface area contributed by atoms with Crippen LogP contribution in [0.5, 0.6) is 0 Å². The molecule has 0 aliphatic heterocycles. The van der Waals surface area contributed by atoms with E-state index in [0.717, 1.165) is 30.8 Å². The van der Waals surface area contributed by atoms with Crippen LogP contribution in [0.15, 0.2) is 6.07 Å². The summed E-state index contributed by atoms with van der Waals surface area (Å²) in [6.45, 7) is 8.78. The minimum Gasteiger partial charge on any atom is -0.238 e. The molecule has 0 spiro atoms. The van der Waals surface area contributed by atoms with Crippen LogP contribution in [0, 0.1) is 11.8 Å². The number of halogens is 1. The first-order valence-electron chi connectivity index (χ1n) is 5.99. The van der Waals surface area contributed by atoms with Crippen LogP contribution in [0.1, 0.15) is 45.6 Å². The Balaban J connectivity index is 2.73. The van der Waals surface area contributed by atoms with Crippen molar-refractivity contribution in [1.29, 1.82) is 0 Å². The van der Waals surface area contributed by atoms with Gasteiger partial charge in [-0.3, -0.25) is 0 Å². The number of hydrogen-bond acceptors (Lipinski definition) is 2. The normalized spacial score (nSPS) is 11.4. The molecule has 0 unspecified atom stereocenters. The first kappa shape index (κ1) is 13.4. The Bertz CT molecular complexity index is 335. The van der Waals surface area contributed by atoms with Gasteiger partial charge in [-0.1, -0.05) is 39.3 Å². The molecule has 0 aromatic carbocycles. The van der Waals surface area contributed by atoms with Crippen LogP contribution in [-0.2, 0) is 12.8 Å². The molecule has 0 radical (unpaired) electrons. The fourth-order valence-corrected chi connectivity index (χ4v) is 1.79. The maximum atomic E-state index is 6.00. The number of aromatic nitrogens is 2. The zero-order chi connectivity index (χ0) is 12.1. The largest absolute Gasteiger partial charge is 0.238 e. The number of hydrogen-bond donors (Lipinski definition) is 0. The van der Waals surface area contributed by atoms with Crippen molar-refractivity contribution in [2.24, 2.45) is 11.8 Å². The Morgan fingerprint density at radius 1 is 1.12 bits per heavy atom. The van der Waals surface area contributed by atoms with Crippen LogP contribution < -0.4 is 0 Å². The van der Waals surface area contributed by atoms with Gasteiger partial charge in [0.2, 0.25) is 0 Å². The average Bonchev–Trinajstić information content (AvgIpc) is 2.12. The maximum Gasteiger partial charge on any atom is 0.133 e. The van der Waals surface area contributed by atoms with E-state index in [4.69, 9.17) is 11.6 Å². The molecule has 0 saturated carbocycles. The zero-order valence-corrected chi connectivity index (χ0v) is 11.4. The Morgan fingerprint density at radius 2 is 1.81 bits per heavy atom. The predicted molar refractivity (Wildman–Crippen MR) is 68.7 cm³/mol. The number of nitrogens with zero attached hydrogens (tertiary/aromatic N) is 2. The van der Waals surface area contributed by atoms with Crippen LogP contribution >= 0.6 is 11.6 Å². The molecule has 2 nitrogen and oxygen atoms in total. The number of aryl methyl sites for hydroxylation is 1. The molecular weight excluding hydrogens is 220 g/mol. The lowest BCUT2D eigenvalue weighted by molar-refractivity contribution is 0.569. The summed E-state index contributed by atoms with van der Waals surface area (Å²) in [4.78, 5) is 8.82. The van der Waals surface area contributed by atoms with Crippen LogP contribution in [0.25, 0.3) is 0 Å². The Morgan fingerprint density at radius 3 is 2.38 bits per heavy atom. The van der Waals surface area contributed by atoms with E-state index in [-0.39, 0.29) is 0 Å². The highest BCUT2D eigenvalue weighted by molar-refractivity contribution is 6.29. The van der Waals surface area contributed by atoms with Crippen LogP contribution in [-0.4, -0.2) is 9.97 Å². The molecule has 1 heterocycles. The minimum absolute atomic E-state index is 0.574. The molecule has 16 heavy (non-hydrogen) atoms. The lowest BCUT2D eigenvalue weighted by Gasteiger charge is -2.08. The third-order valence-corrected chi connectivity index (χ3v) is 2.55. The summed E-state index contributed by atoms with van der Waals surface area (Å²) in [5.74, 6) is 2.16. The molecule has 0 atom stereocenters. The number of rotatable bonds is 5. The van der Waals surface area contributed by atoms with Gasteiger partial charge in [-0.25, -0.2) is 9.97 Å². The standard InChI is InChI=1S/C13H21ClN2/c1-9(2)5-6-13-15-11(7-10(3)4)8-12(14)16-13/h8-10H,5-7H2,1-4H3. The van der Waals surface area contributed by atoms with Gasteiger partial charge in [0, 0.05) is 12.1 Å². The molecule has 0 N–H and O–H groups in total. The van der Waals surface area contributed by atoms with Gasteiger partial charge in [0.1, 0.15) is 11.0 Å². The lowest BCUT2D eigenvalue weighted by Crippen LogP contribution is -2.04. The molecule has 1 rings (SSSR count). The molecule has 0 saturated heterocycles. The van der Waals surface area contributed by atoms with E-state index >= 15 is 0 Å². The Kier molecular flexibility index (Phi) is 5.20. The molecule has 1 aromatic heterocycles. The smallest absolute Gasteiger partial charge is 0.133 e. The summed E-state index contributed by atoms with van der Waals surface area (Å²) in [5.41, 5.74) is 1.06. The highest BCUT2D eigenvalue weighted by atomic mass is 35.5. The quantitative estimate of drug-likeness (QED) is 0.730. The SMILES string of the molecule is CC(C)CCc1nc(Cl)cc(CC(C)C)n1. The van der Waals surface area contributed by atoms with Gasteiger partial charge in [0.05, 0.1) is 0 Å². The van der Waals surface area contributed by atoms with Gasteiger partial charge < -0.3 is 0 Å². The van der Waals surface area contributed by atoms with Crippen molar-refractivity contribution in [3.63, 3.8) is 0 Å². The van der Waals surface area contributed by atoms with Crippen molar-refractivity contribution in [1.82, 2.24) is 9.97 Å². The summed E-state index contributed by atoms with van der Waals surface area (Å²) in [6, 6.07) is 1.88. The zero-order valence-electron chi connectivity index (χ0n) is 10.6. The van der Waals surface area contributed by atoms with Crippen molar-refractivity contribution in [3.8, 4) is 0 Å². The molecule has 3 heteroatoms. The highest BCUT2D eigenvalue weighted by Gasteiger charge is 2.06. The summed E-state index contributed by atoms with van der Waals surface area (Å²) in [6.07, 6.45) is 3.00. The second kappa shape index (κ2) is 6.19. The van der Waals surface area contributed by atoms with Gasteiger partial charge in [-0.05, 0) is 30.7 Å². The topological polar surface area (TPSA) is 25.8 Å². The van der Waals surface area contributed by atoms with Gasteiger partial charge in [-0.15, -0.1) is 0 Å². The third kappa shape index (κ3) is 4.93. The van der Waals surface area contributed by atoms with Gasteiger partial charge >= 0.3 is 0 Å². The van der Waals surface area contributed by atoms with E-state index in [1.165, 1.54) is 0 Å². The lowest BCUT2D eigenvalue weighted by atomic mass is 10.1. The van der Waals surface area contributed by atoms with Crippen molar-refractivity contribution >= 4 is 11.6 Å². The van der Waals surface area contributed by atoms with E-state index in [1.807, 2.05) is 6.07 Å². The molecule has 0 aliphatic rings. The van der Waals surface area contributed by atoms with Gasteiger partial charge in [0.25, 0.3) is 0 Å². The van der Waals surface area contributed by atoms with Gasteiger partial charge in [0.15, 0.2) is 0 Å². The average molecular weight is 241 g/mol. The molecular formula is C13H21ClN2. The molecule has 0 bridgehead atoms. The third-order valence-electron chi connectivity index (χ3n) is 2.36. The van der Waals surface area contributed by atoms with E-state index < -0.39 is 0 Å². The van der Waals surface area contributed by atoms with Gasteiger partial charge in [-0.2, -0.15) is 0 Å². The summed E-state index contributed by atoms with van der Waals surface area (Å²) in [7, 11) is 0. The van der Waals surface area contributed by atoms with E-state index in [9.17, 15) is 0 Å². The fourth-order valence-electron chi connectivity index (χ4n) is 1.57. The minimum atomic E-state index is 0.574. The molecule has 0 amide bonds. The monoisotopic (exact) mass is 240 g/mol. The Labute approximate surface area is 103 Å². The second-order valence-corrected chi connectivity index (χ2v) is 5.52. The van der Waals surface area contributed by atoms with E-state index in [0.29, 0.717) is 17.0 Å². The molecule has 0 aliphatic carbocycles. The molecule has 0 fully saturated rings. The maximum absolute atomic E-state index is 6.00. The van der Waals surface area contributed by atoms with Crippen molar-refractivity contribution < 1.29 is 0 Å². The van der Waals surface area contributed by atoms with Crippen LogP contribution in [0.3, 0.4) is 0 Å². The van der Waals surface area contributed by atoms with Crippen molar-refractivity contribution in [3.05, 3.63) is 22.7 Å². The first-order valence-corrected chi connectivity index (χ1v) is 6.37. The summed E-state index contributed by atoms with van der Waals surface area (Å²) < 4.78 is 0. The molecule has 90 valence electrons. The predicted octanol–water partition coefficient (Wildman–Crippen LogP) is 3.92. The highest BCUT2D eigenvalue weighted by Crippen LogP contribution is 2.13.